The molecule has 0 radical (unpaired) electrons. The summed E-state index contributed by atoms with van der Waals surface area (Å²) < 4.78 is 4.54. The Morgan fingerprint density at radius 3 is 2.41 bits per heavy atom. The number of carbonyl (C=O) groups excluding carboxylic acids is 2. The van der Waals surface area contributed by atoms with E-state index in [2.05, 4.69) is 10.1 Å². The fourth-order valence-electron chi connectivity index (χ4n) is 1.23. The SMILES string of the molecule is COC(=O)C(C)NCC(=O)c1ccccc1.Cl. The first kappa shape index (κ1) is 15.6. The molecule has 1 unspecified atom stereocenters. The maximum Gasteiger partial charge on any atom is 0.322 e. The van der Waals surface area contributed by atoms with E-state index in [4.69, 9.17) is 0 Å². The second-order valence-corrected chi connectivity index (χ2v) is 3.41. The van der Waals surface area contributed by atoms with E-state index in [0.29, 0.717) is 5.56 Å². The summed E-state index contributed by atoms with van der Waals surface area (Å²) in [6.45, 7) is 1.78. The quantitative estimate of drug-likeness (QED) is 0.641. The van der Waals surface area contributed by atoms with E-state index < -0.39 is 6.04 Å². The van der Waals surface area contributed by atoms with Crippen molar-refractivity contribution in [3.05, 3.63) is 35.9 Å². The van der Waals surface area contributed by atoms with Gasteiger partial charge in [-0.15, -0.1) is 12.4 Å². The van der Waals surface area contributed by atoms with Gasteiger partial charge in [-0.1, -0.05) is 30.3 Å². The Morgan fingerprint density at radius 1 is 1.29 bits per heavy atom. The molecule has 0 aliphatic rings. The number of hydrogen-bond donors (Lipinski definition) is 1. The van der Waals surface area contributed by atoms with Gasteiger partial charge < -0.3 is 4.74 Å². The molecular weight excluding hydrogens is 242 g/mol. The number of ketones is 1. The lowest BCUT2D eigenvalue weighted by molar-refractivity contribution is -0.142. The molecule has 1 N–H and O–H groups in total. The molecule has 17 heavy (non-hydrogen) atoms. The summed E-state index contributed by atoms with van der Waals surface area (Å²) in [6, 6.07) is 8.46. The summed E-state index contributed by atoms with van der Waals surface area (Å²) >= 11 is 0. The third-order valence-corrected chi connectivity index (χ3v) is 2.22. The maximum absolute atomic E-state index is 11.6. The lowest BCUT2D eigenvalue weighted by Crippen LogP contribution is -2.38. The number of methoxy groups -OCH3 is 1. The van der Waals surface area contributed by atoms with Crippen molar-refractivity contribution >= 4 is 24.2 Å². The van der Waals surface area contributed by atoms with Crippen molar-refractivity contribution in [3.63, 3.8) is 0 Å². The van der Waals surface area contributed by atoms with Crippen LogP contribution in [0, 0.1) is 0 Å². The first-order valence-corrected chi connectivity index (χ1v) is 5.04. The molecule has 1 aromatic carbocycles. The van der Waals surface area contributed by atoms with Crippen molar-refractivity contribution in [2.24, 2.45) is 0 Å². The smallest absolute Gasteiger partial charge is 0.322 e. The topological polar surface area (TPSA) is 55.4 Å². The van der Waals surface area contributed by atoms with Crippen LogP contribution in [-0.4, -0.2) is 31.4 Å². The predicted molar refractivity (Wildman–Crippen MR) is 67.5 cm³/mol. The Kier molecular flexibility index (Phi) is 7.18. The van der Waals surface area contributed by atoms with Crippen LogP contribution < -0.4 is 5.32 Å². The number of benzene rings is 1. The van der Waals surface area contributed by atoms with Gasteiger partial charge in [-0.05, 0) is 6.92 Å². The summed E-state index contributed by atoms with van der Waals surface area (Å²) in [4.78, 5) is 22.7. The average molecular weight is 258 g/mol. The van der Waals surface area contributed by atoms with E-state index in [1.165, 1.54) is 7.11 Å². The first-order valence-electron chi connectivity index (χ1n) is 5.04. The summed E-state index contributed by atoms with van der Waals surface area (Å²) in [5.41, 5.74) is 0.632. The van der Waals surface area contributed by atoms with Gasteiger partial charge in [0.05, 0.1) is 13.7 Å². The fraction of sp³-hybridized carbons (Fsp3) is 0.333. The average Bonchev–Trinajstić information content (AvgIpc) is 2.35. The second-order valence-electron chi connectivity index (χ2n) is 3.41. The Balaban J connectivity index is 0.00000256. The monoisotopic (exact) mass is 257 g/mol. The largest absolute Gasteiger partial charge is 0.468 e. The van der Waals surface area contributed by atoms with Gasteiger partial charge in [0.2, 0.25) is 0 Å². The number of hydrogen-bond acceptors (Lipinski definition) is 4. The highest BCUT2D eigenvalue weighted by Gasteiger charge is 2.14. The Hall–Kier alpha value is -1.39. The molecule has 0 spiro atoms. The minimum atomic E-state index is -0.474. The van der Waals surface area contributed by atoms with E-state index in [9.17, 15) is 9.59 Å². The molecule has 0 heterocycles. The van der Waals surface area contributed by atoms with Crippen LogP contribution in [0.4, 0.5) is 0 Å². The lowest BCUT2D eigenvalue weighted by atomic mass is 10.1. The third-order valence-electron chi connectivity index (χ3n) is 2.22. The fourth-order valence-corrected chi connectivity index (χ4v) is 1.23. The molecule has 0 bridgehead atoms. The van der Waals surface area contributed by atoms with E-state index in [1.807, 2.05) is 6.07 Å². The molecule has 5 heteroatoms. The van der Waals surface area contributed by atoms with Gasteiger partial charge in [0.15, 0.2) is 5.78 Å². The van der Waals surface area contributed by atoms with Crippen molar-refractivity contribution in [3.8, 4) is 0 Å². The van der Waals surface area contributed by atoms with E-state index in [-0.39, 0.29) is 30.7 Å². The van der Waals surface area contributed by atoms with Crippen LogP contribution in [0.5, 0.6) is 0 Å². The van der Waals surface area contributed by atoms with Gasteiger partial charge in [0.1, 0.15) is 6.04 Å². The molecular formula is C12H16ClNO3. The predicted octanol–water partition coefficient (Wildman–Crippen LogP) is 1.44. The Bertz CT molecular complexity index is 367. The van der Waals surface area contributed by atoms with Crippen LogP contribution in [0.25, 0.3) is 0 Å². The zero-order valence-corrected chi connectivity index (χ0v) is 10.6. The minimum absolute atomic E-state index is 0. The van der Waals surface area contributed by atoms with Crippen LogP contribution in [0.15, 0.2) is 30.3 Å². The number of carbonyl (C=O) groups is 2. The zero-order chi connectivity index (χ0) is 12.0. The highest BCUT2D eigenvalue weighted by molar-refractivity contribution is 5.97. The minimum Gasteiger partial charge on any atom is -0.468 e. The van der Waals surface area contributed by atoms with Crippen molar-refractivity contribution in [1.29, 1.82) is 0 Å². The number of nitrogens with one attached hydrogen (secondary N) is 1. The van der Waals surface area contributed by atoms with Crippen molar-refractivity contribution in [1.82, 2.24) is 5.32 Å². The third kappa shape index (κ3) is 4.97. The molecule has 0 aliphatic carbocycles. The van der Waals surface area contributed by atoms with Crippen LogP contribution >= 0.6 is 12.4 Å². The van der Waals surface area contributed by atoms with Crippen molar-refractivity contribution in [2.75, 3.05) is 13.7 Å². The molecule has 0 saturated carbocycles. The number of rotatable bonds is 5. The van der Waals surface area contributed by atoms with Crippen LogP contribution in [0.1, 0.15) is 17.3 Å². The normalized spacial score (nSPS) is 11.2. The van der Waals surface area contributed by atoms with Crippen LogP contribution in [-0.2, 0) is 9.53 Å². The van der Waals surface area contributed by atoms with E-state index in [0.717, 1.165) is 0 Å². The van der Waals surface area contributed by atoms with Gasteiger partial charge in [0, 0.05) is 5.56 Å². The summed E-state index contributed by atoms with van der Waals surface area (Å²) in [6.07, 6.45) is 0. The van der Waals surface area contributed by atoms with E-state index in [1.54, 1.807) is 31.2 Å². The van der Waals surface area contributed by atoms with Crippen molar-refractivity contribution in [2.45, 2.75) is 13.0 Å². The number of ether oxygens (including phenoxy) is 1. The molecule has 1 aromatic rings. The molecule has 1 atom stereocenters. The number of Topliss-reactive ketones (excluding diaryl/α,β-unsaturated/α-hetero) is 1. The molecule has 0 aromatic heterocycles. The first-order chi connectivity index (χ1) is 7.65. The second kappa shape index (κ2) is 7.81. The molecule has 0 aliphatic heterocycles. The van der Waals surface area contributed by atoms with Crippen LogP contribution in [0.2, 0.25) is 0 Å². The zero-order valence-electron chi connectivity index (χ0n) is 9.80. The molecule has 0 fully saturated rings. The van der Waals surface area contributed by atoms with E-state index >= 15 is 0 Å². The number of esters is 1. The molecule has 1 rings (SSSR count). The standard InChI is InChI=1S/C12H15NO3.ClH/c1-9(12(15)16-2)13-8-11(14)10-6-4-3-5-7-10;/h3-7,9,13H,8H2,1-2H3;1H. The van der Waals surface area contributed by atoms with Gasteiger partial charge in [-0.2, -0.15) is 0 Å². The van der Waals surface area contributed by atoms with Gasteiger partial charge in [-0.25, -0.2) is 0 Å². The van der Waals surface area contributed by atoms with Crippen LogP contribution in [0.3, 0.4) is 0 Å². The summed E-state index contributed by atoms with van der Waals surface area (Å²) in [7, 11) is 1.32. The highest BCUT2D eigenvalue weighted by Crippen LogP contribution is 1.99. The molecule has 0 amide bonds. The van der Waals surface area contributed by atoms with Gasteiger partial charge >= 0.3 is 5.97 Å². The van der Waals surface area contributed by atoms with Gasteiger partial charge in [-0.3, -0.25) is 14.9 Å². The molecule has 94 valence electrons. The highest BCUT2D eigenvalue weighted by atomic mass is 35.5. The molecule has 4 nitrogen and oxygen atoms in total. The van der Waals surface area contributed by atoms with Crippen molar-refractivity contribution < 1.29 is 14.3 Å². The Morgan fingerprint density at radius 2 is 1.88 bits per heavy atom. The lowest BCUT2D eigenvalue weighted by Gasteiger charge is -2.10. The maximum atomic E-state index is 11.6. The molecule has 0 saturated heterocycles. The van der Waals surface area contributed by atoms with Gasteiger partial charge in [0.25, 0.3) is 0 Å². The number of halogens is 1. The Labute approximate surface area is 107 Å². The summed E-state index contributed by atoms with van der Waals surface area (Å²) in [5.74, 6) is -0.419. The summed E-state index contributed by atoms with van der Waals surface area (Å²) in [5, 5.41) is 2.81.